The highest BCUT2D eigenvalue weighted by molar-refractivity contribution is 6.07. The fourth-order valence-electron chi connectivity index (χ4n) is 2.83. The van der Waals surface area contributed by atoms with Gasteiger partial charge in [0.25, 0.3) is 0 Å². The smallest absolute Gasteiger partial charge is 0.343 e. The summed E-state index contributed by atoms with van der Waals surface area (Å²) in [7, 11) is 3.01. The highest BCUT2D eigenvalue weighted by atomic mass is 16.5. The van der Waals surface area contributed by atoms with Crippen molar-refractivity contribution in [2.24, 2.45) is 0 Å². The van der Waals surface area contributed by atoms with Gasteiger partial charge in [-0.3, -0.25) is 4.79 Å². The number of hydrogen-bond donors (Lipinski definition) is 0. The quantitative estimate of drug-likeness (QED) is 0.389. The first-order valence-electron chi connectivity index (χ1n) is 7.93. The molecule has 0 atom stereocenters. The highest BCUT2D eigenvalue weighted by Gasteiger charge is 2.17. The van der Waals surface area contributed by atoms with Crippen LogP contribution in [-0.2, 0) is 0 Å². The Balaban J connectivity index is 1.92. The first-order valence-corrected chi connectivity index (χ1v) is 7.93. The predicted octanol–water partition coefficient (Wildman–Crippen LogP) is 4.18. The Hall–Kier alpha value is -3.28. The molecule has 0 N–H and O–H groups in total. The van der Waals surface area contributed by atoms with E-state index in [0.717, 1.165) is 0 Å². The van der Waals surface area contributed by atoms with Gasteiger partial charge in [0, 0.05) is 5.39 Å². The molecule has 0 radical (unpaired) electrons. The number of esters is 1. The van der Waals surface area contributed by atoms with Crippen LogP contribution in [0.15, 0.2) is 40.8 Å². The molecule has 0 saturated carbocycles. The van der Waals surface area contributed by atoms with Gasteiger partial charge in [-0.1, -0.05) is 0 Å². The van der Waals surface area contributed by atoms with Crippen LogP contribution in [-0.4, -0.2) is 26.0 Å². The predicted molar refractivity (Wildman–Crippen MR) is 95.5 cm³/mol. The second kappa shape index (κ2) is 6.92. The normalized spacial score (nSPS) is 10.6. The van der Waals surface area contributed by atoms with Crippen LogP contribution < -0.4 is 14.2 Å². The van der Waals surface area contributed by atoms with Gasteiger partial charge < -0.3 is 18.6 Å². The van der Waals surface area contributed by atoms with Crippen LogP contribution in [0.5, 0.6) is 17.2 Å². The Labute approximate surface area is 150 Å². The monoisotopic (exact) mass is 354 g/mol. The minimum Gasteiger partial charge on any atom is -0.493 e. The maximum Gasteiger partial charge on any atom is 0.343 e. The first kappa shape index (κ1) is 17.5. The summed E-state index contributed by atoms with van der Waals surface area (Å²) in [5.74, 6) is 1.16. The van der Waals surface area contributed by atoms with Crippen LogP contribution in [0.1, 0.15) is 33.4 Å². The van der Waals surface area contributed by atoms with E-state index >= 15 is 0 Å². The fourth-order valence-corrected chi connectivity index (χ4v) is 2.83. The van der Waals surface area contributed by atoms with Crippen molar-refractivity contribution < 1.29 is 28.2 Å². The van der Waals surface area contributed by atoms with Crippen molar-refractivity contribution in [1.29, 1.82) is 0 Å². The third-order valence-electron chi connectivity index (χ3n) is 4.02. The van der Waals surface area contributed by atoms with Gasteiger partial charge in [-0.25, -0.2) is 4.79 Å². The van der Waals surface area contributed by atoms with E-state index in [0.29, 0.717) is 45.1 Å². The molecule has 0 unspecified atom stereocenters. The number of carbonyl (C=O) groups is 2. The number of rotatable bonds is 5. The SMILES string of the molecule is COc1ccc(C(=O)Oc2ccc3oc(C)c(C(C)=O)c3c2)cc1OC. The second-order valence-electron chi connectivity index (χ2n) is 5.71. The van der Waals surface area contributed by atoms with Gasteiger partial charge >= 0.3 is 5.97 Å². The number of fused-ring (bicyclic) bond motifs is 1. The molecule has 2 aromatic carbocycles. The molecule has 6 heteroatoms. The molecule has 0 aliphatic rings. The zero-order valence-corrected chi connectivity index (χ0v) is 14.9. The maximum atomic E-state index is 12.4. The number of furan rings is 1. The molecule has 3 rings (SSSR count). The lowest BCUT2D eigenvalue weighted by Gasteiger charge is -2.09. The highest BCUT2D eigenvalue weighted by Crippen LogP contribution is 2.31. The van der Waals surface area contributed by atoms with E-state index in [1.807, 2.05) is 0 Å². The molecule has 6 nitrogen and oxygen atoms in total. The minimum atomic E-state index is -0.546. The number of aryl methyl sites for hydroxylation is 1. The number of ether oxygens (including phenoxy) is 3. The van der Waals surface area contributed by atoms with Crippen LogP contribution in [0.2, 0.25) is 0 Å². The number of benzene rings is 2. The minimum absolute atomic E-state index is 0.107. The third kappa shape index (κ3) is 3.13. The molecule has 3 aromatic rings. The van der Waals surface area contributed by atoms with E-state index in [4.69, 9.17) is 18.6 Å². The van der Waals surface area contributed by atoms with Crippen molar-refractivity contribution in [3.8, 4) is 17.2 Å². The Morgan fingerprint density at radius 1 is 0.962 bits per heavy atom. The van der Waals surface area contributed by atoms with Gasteiger partial charge in [0.1, 0.15) is 17.1 Å². The first-order chi connectivity index (χ1) is 12.4. The summed E-state index contributed by atoms with van der Waals surface area (Å²) in [6, 6.07) is 9.68. The lowest BCUT2D eigenvalue weighted by molar-refractivity contribution is 0.0734. The van der Waals surface area contributed by atoms with E-state index in [-0.39, 0.29) is 5.78 Å². The van der Waals surface area contributed by atoms with Gasteiger partial charge in [0.15, 0.2) is 17.3 Å². The van der Waals surface area contributed by atoms with E-state index in [1.165, 1.54) is 21.1 Å². The Morgan fingerprint density at radius 3 is 2.35 bits per heavy atom. The topological polar surface area (TPSA) is 75.0 Å². The molecular weight excluding hydrogens is 336 g/mol. The van der Waals surface area contributed by atoms with Crippen molar-refractivity contribution in [3.63, 3.8) is 0 Å². The van der Waals surface area contributed by atoms with Gasteiger partial charge in [-0.15, -0.1) is 0 Å². The molecule has 0 aliphatic heterocycles. The summed E-state index contributed by atoms with van der Waals surface area (Å²) in [6.45, 7) is 3.20. The third-order valence-corrected chi connectivity index (χ3v) is 4.02. The molecule has 0 spiro atoms. The Bertz CT molecular complexity index is 999. The maximum absolute atomic E-state index is 12.4. The lowest BCUT2D eigenvalue weighted by Crippen LogP contribution is -2.09. The van der Waals surface area contributed by atoms with Crippen LogP contribution in [0.4, 0.5) is 0 Å². The summed E-state index contributed by atoms with van der Waals surface area (Å²) in [6.07, 6.45) is 0. The molecule has 0 bridgehead atoms. The van der Waals surface area contributed by atoms with Gasteiger partial charge in [0.2, 0.25) is 0 Å². The van der Waals surface area contributed by atoms with E-state index in [1.54, 1.807) is 43.3 Å². The fraction of sp³-hybridized carbons (Fsp3) is 0.200. The van der Waals surface area contributed by atoms with Crippen LogP contribution >= 0.6 is 0 Å². The molecule has 0 fully saturated rings. The summed E-state index contributed by atoms with van der Waals surface area (Å²) >= 11 is 0. The molecule has 26 heavy (non-hydrogen) atoms. The summed E-state index contributed by atoms with van der Waals surface area (Å²) in [5, 5.41) is 0.618. The van der Waals surface area contributed by atoms with Crippen molar-refractivity contribution in [1.82, 2.24) is 0 Å². The zero-order chi connectivity index (χ0) is 18.8. The van der Waals surface area contributed by atoms with Gasteiger partial charge in [-0.05, 0) is 50.2 Å². The van der Waals surface area contributed by atoms with Crippen molar-refractivity contribution in [2.45, 2.75) is 13.8 Å². The number of ketones is 1. The lowest BCUT2D eigenvalue weighted by atomic mass is 10.1. The van der Waals surface area contributed by atoms with Crippen LogP contribution in [0, 0.1) is 6.92 Å². The zero-order valence-electron chi connectivity index (χ0n) is 14.9. The summed E-state index contributed by atoms with van der Waals surface area (Å²) in [4.78, 5) is 24.3. The van der Waals surface area contributed by atoms with Gasteiger partial charge in [-0.2, -0.15) is 0 Å². The van der Waals surface area contributed by atoms with Crippen molar-refractivity contribution >= 4 is 22.7 Å². The van der Waals surface area contributed by atoms with Crippen molar-refractivity contribution in [3.05, 3.63) is 53.3 Å². The Morgan fingerprint density at radius 2 is 1.69 bits per heavy atom. The molecular formula is C20H18O6. The summed E-state index contributed by atoms with van der Waals surface area (Å²) in [5.41, 5.74) is 1.38. The molecule has 134 valence electrons. The molecule has 0 saturated heterocycles. The standard InChI is InChI=1S/C20H18O6/c1-11(21)19-12(2)25-16-8-6-14(10-15(16)19)26-20(22)13-5-7-17(23-3)18(9-13)24-4/h5-10H,1-4H3. The Kier molecular flexibility index (Phi) is 4.67. The van der Waals surface area contributed by atoms with Crippen molar-refractivity contribution in [2.75, 3.05) is 14.2 Å². The van der Waals surface area contributed by atoms with Gasteiger partial charge in [0.05, 0.1) is 25.3 Å². The number of methoxy groups -OCH3 is 2. The van der Waals surface area contributed by atoms with Crippen LogP contribution in [0.3, 0.4) is 0 Å². The van der Waals surface area contributed by atoms with E-state index in [2.05, 4.69) is 0 Å². The number of Topliss-reactive ketones (excluding diaryl/α,β-unsaturated/α-hetero) is 1. The van der Waals surface area contributed by atoms with E-state index < -0.39 is 5.97 Å². The molecule has 0 amide bonds. The average molecular weight is 354 g/mol. The average Bonchev–Trinajstić information content (AvgIpc) is 2.96. The largest absolute Gasteiger partial charge is 0.493 e. The molecule has 1 heterocycles. The number of hydrogen-bond acceptors (Lipinski definition) is 6. The van der Waals surface area contributed by atoms with E-state index in [9.17, 15) is 9.59 Å². The van der Waals surface area contributed by atoms with Crippen LogP contribution in [0.25, 0.3) is 11.0 Å². The molecule has 1 aromatic heterocycles. The number of carbonyl (C=O) groups excluding carboxylic acids is 2. The molecule has 0 aliphatic carbocycles. The summed E-state index contributed by atoms with van der Waals surface area (Å²) < 4.78 is 21.4. The second-order valence-corrected chi connectivity index (χ2v) is 5.71.